The van der Waals surface area contributed by atoms with Crippen molar-refractivity contribution < 1.29 is 14.3 Å². The van der Waals surface area contributed by atoms with Crippen molar-refractivity contribution in [1.82, 2.24) is 15.1 Å². The second-order valence-corrected chi connectivity index (χ2v) is 6.99. The van der Waals surface area contributed by atoms with Crippen LogP contribution in [0.25, 0.3) is 0 Å². The van der Waals surface area contributed by atoms with E-state index in [0.717, 1.165) is 52.0 Å². The number of ether oxygens (including phenoxy) is 1. The Hall–Kier alpha value is -1.14. The fraction of sp³-hybridized carbons (Fsp3) is 0.875. The molecule has 0 aromatic rings. The molecular weight excluding hydrogens is 282 g/mol. The summed E-state index contributed by atoms with van der Waals surface area (Å²) in [6.45, 7) is 8.87. The predicted molar refractivity (Wildman–Crippen MR) is 84.5 cm³/mol. The Kier molecular flexibility index (Phi) is 5.81. The molecule has 6 heteroatoms. The van der Waals surface area contributed by atoms with Gasteiger partial charge in [-0.3, -0.25) is 9.59 Å². The van der Waals surface area contributed by atoms with Crippen LogP contribution in [-0.2, 0) is 14.3 Å². The second-order valence-electron chi connectivity index (χ2n) is 6.99. The first kappa shape index (κ1) is 17.2. The fourth-order valence-corrected chi connectivity index (χ4v) is 3.31. The lowest BCUT2D eigenvalue weighted by atomic mass is 9.89. The molecule has 0 spiro atoms. The Morgan fingerprint density at radius 1 is 1.41 bits per heavy atom. The number of rotatable bonds is 5. The second kappa shape index (κ2) is 7.42. The molecule has 2 fully saturated rings. The van der Waals surface area contributed by atoms with E-state index in [1.54, 1.807) is 0 Å². The van der Waals surface area contributed by atoms with E-state index >= 15 is 0 Å². The van der Waals surface area contributed by atoms with Gasteiger partial charge < -0.3 is 19.9 Å². The first-order valence-corrected chi connectivity index (χ1v) is 8.25. The monoisotopic (exact) mass is 311 g/mol. The lowest BCUT2D eigenvalue weighted by molar-refractivity contribution is -0.151. The molecule has 1 amide bonds. The van der Waals surface area contributed by atoms with E-state index in [0.29, 0.717) is 12.6 Å². The lowest BCUT2D eigenvalue weighted by Crippen LogP contribution is -2.57. The number of piperidine rings is 1. The summed E-state index contributed by atoms with van der Waals surface area (Å²) >= 11 is 0. The molecule has 1 atom stereocenters. The SMILES string of the molecule is COC(=O)C(C)(C)CCN1CCCC(N2CCNCC2=O)C1. The van der Waals surface area contributed by atoms with E-state index in [-0.39, 0.29) is 11.9 Å². The largest absolute Gasteiger partial charge is 0.469 e. The van der Waals surface area contributed by atoms with Crippen molar-refractivity contribution in [3.63, 3.8) is 0 Å². The van der Waals surface area contributed by atoms with Crippen LogP contribution in [0, 0.1) is 5.41 Å². The number of piperazine rings is 1. The zero-order valence-corrected chi connectivity index (χ0v) is 14.1. The number of nitrogens with zero attached hydrogens (tertiary/aromatic N) is 2. The number of nitrogens with one attached hydrogen (secondary N) is 1. The molecule has 0 aromatic heterocycles. The highest BCUT2D eigenvalue weighted by molar-refractivity contribution is 5.79. The van der Waals surface area contributed by atoms with Gasteiger partial charge in [-0.05, 0) is 46.2 Å². The van der Waals surface area contributed by atoms with Crippen LogP contribution >= 0.6 is 0 Å². The molecule has 0 radical (unpaired) electrons. The van der Waals surface area contributed by atoms with Crippen LogP contribution in [0.4, 0.5) is 0 Å². The normalized spacial score (nSPS) is 24.4. The van der Waals surface area contributed by atoms with Crippen LogP contribution in [0.3, 0.4) is 0 Å². The van der Waals surface area contributed by atoms with Gasteiger partial charge in [0.25, 0.3) is 0 Å². The van der Waals surface area contributed by atoms with Crippen molar-refractivity contribution in [2.75, 3.05) is 46.4 Å². The summed E-state index contributed by atoms with van der Waals surface area (Å²) in [4.78, 5) is 28.2. The average molecular weight is 311 g/mol. The van der Waals surface area contributed by atoms with E-state index in [4.69, 9.17) is 4.74 Å². The van der Waals surface area contributed by atoms with Gasteiger partial charge in [-0.25, -0.2) is 0 Å². The Morgan fingerprint density at radius 2 is 2.18 bits per heavy atom. The van der Waals surface area contributed by atoms with Gasteiger partial charge in [0, 0.05) is 25.7 Å². The van der Waals surface area contributed by atoms with Crippen molar-refractivity contribution >= 4 is 11.9 Å². The molecule has 0 saturated carbocycles. The van der Waals surface area contributed by atoms with Crippen LogP contribution in [0.5, 0.6) is 0 Å². The van der Waals surface area contributed by atoms with Crippen LogP contribution in [-0.4, -0.2) is 74.1 Å². The maximum Gasteiger partial charge on any atom is 0.311 e. The van der Waals surface area contributed by atoms with E-state index < -0.39 is 5.41 Å². The van der Waals surface area contributed by atoms with Gasteiger partial charge >= 0.3 is 5.97 Å². The zero-order chi connectivity index (χ0) is 16.2. The summed E-state index contributed by atoms with van der Waals surface area (Å²) in [6.07, 6.45) is 2.98. The van der Waals surface area contributed by atoms with Crippen molar-refractivity contribution in [3.8, 4) is 0 Å². The molecule has 126 valence electrons. The first-order chi connectivity index (χ1) is 10.4. The number of hydrogen-bond donors (Lipinski definition) is 1. The van der Waals surface area contributed by atoms with Crippen molar-refractivity contribution in [1.29, 1.82) is 0 Å². The topological polar surface area (TPSA) is 61.9 Å². The summed E-state index contributed by atoms with van der Waals surface area (Å²) in [7, 11) is 1.44. The lowest BCUT2D eigenvalue weighted by Gasteiger charge is -2.41. The number of esters is 1. The quantitative estimate of drug-likeness (QED) is 0.748. The molecule has 22 heavy (non-hydrogen) atoms. The highest BCUT2D eigenvalue weighted by atomic mass is 16.5. The van der Waals surface area contributed by atoms with Crippen LogP contribution in [0.15, 0.2) is 0 Å². The molecule has 2 aliphatic rings. The molecule has 0 bridgehead atoms. The van der Waals surface area contributed by atoms with Crippen molar-refractivity contribution in [3.05, 3.63) is 0 Å². The van der Waals surface area contributed by atoms with E-state index in [1.165, 1.54) is 7.11 Å². The number of carbonyl (C=O) groups excluding carboxylic acids is 2. The Morgan fingerprint density at radius 3 is 2.86 bits per heavy atom. The third kappa shape index (κ3) is 4.20. The van der Waals surface area contributed by atoms with Crippen molar-refractivity contribution in [2.45, 2.75) is 39.2 Å². The van der Waals surface area contributed by atoms with Crippen LogP contribution in [0.1, 0.15) is 33.1 Å². The van der Waals surface area contributed by atoms with Crippen LogP contribution in [0.2, 0.25) is 0 Å². The number of methoxy groups -OCH3 is 1. The number of amides is 1. The van der Waals surface area contributed by atoms with Crippen molar-refractivity contribution in [2.24, 2.45) is 5.41 Å². The summed E-state index contributed by atoms with van der Waals surface area (Å²) in [5, 5.41) is 3.12. The van der Waals surface area contributed by atoms with Gasteiger partial charge in [0.1, 0.15) is 0 Å². The molecule has 2 heterocycles. The Bertz CT molecular complexity index is 411. The average Bonchev–Trinajstić information content (AvgIpc) is 2.53. The Labute approximate surface area is 133 Å². The van der Waals surface area contributed by atoms with Gasteiger partial charge in [-0.1, -0.05) is 0 Å². The maximum atomic E-state index is 12.0. The van der Waals surface area contributed by atoms with Gasteiger partial charge in [0.05, 0.1) is 19.1 Å². The molecule has 0 aromatic carbocycles. The van der Waals surface area contributed by atoms with Crippen LogP contribution < -0.4 is 5.32 Å². The summed E-state index contributed by atoms with van der Waals surface area (Å²) in [5.41, 5.74) is -0.452. The molecular formula is C16H29N3O3. The fourth-order valence-electron chi connectivity index (χ4n) is 3.31. The minimum Gasteiger partial charge on any atom is -0.469 e. The molecule has 0 aliphatic carbocycles. The summed E-state index contributed by atoms with van der Waals surface area (Å²) < 4.78 is 4.87. The smallest absolute Gasteiger partial charge is 0.311 e. The molecule has 2 saturated heterocycles. The minimum absolute atomic E-state index is 0.154. The molecule has 1 N–H and O–H groups in total. The van der Waals surface area contributed by atoms with E-state index in [2.05, 4.69) is 10.2 Å². The molecule has 2 aliphatic heterocycles. The van der Waals surface area contributed by atoms with Gasteiger partial charge in [-0.15, -0.1) is 0 Å². The predicted octanol–water partition coefficient (Wildman–Crippen LogP) is 0.472. The maximum absolute atomic E-state index is 12.0. The zero-order valence-electron chi connectivity index (χ0n) is 14.1. The van der Waals surface area contributed by atoms with E-state index in [9.17, 15) is 9.59 Å². The molecule has 2 rings (SSSR count). The standard InChI is InChI=1S/C16H29N3O3/c1-16(2,15(21)22-3)6-9-18-8-4-5-13(12-18)19-10-7-17-11-14(19)20/h13,17H,4-12H2,1-3H3. The highest BCUT2D eigenvalue weighted by Gasteiger charge is 2.32. The third-order valence-electron chi connectivity index (χ3n) is 4.84. The minimum atomic E-state index is -0.452. The molecule has 1 unspecified atom stereocenters. The number of hydrogen-bond acceptors (Lipinski definition) is 5. The van der Waals surface area contributed by atoms with E-state index in [1.807, 2.05) is 18.7 Å². The van der Waals surface area contributed by atoms with Gasteiger partial charge in [0.15, 0.2) is 0 Å². The number of likely N-dealkylation sites (tertiary alicyclic amines) is 1. The first-order valence-electron chi connectivity index (χ1n) is 8.25. The number of carbonyl (C=O) groups is 2. The van der Waals surface area contributed by atoms with Gasteiger partial charge in [-0.2, -0.15) is 0 Å². The highest BCUT2D eigenvalue weighted by Crippen LogP contribution is 2.24. The third-order valence-corrected chi connectivity index (χ3v) is 4.84. The van der Waals surface area contributed by atoms with Gasteiger partial charge in [0.2, 0.25) is 5.91 Å². The molecule has 6 nitrogen and oxygen atoms in total. The summed E-state index contributed by atoms with van der Waals surface area (Å²) in [6, 6.07) is 0.324. The Balaban J connectivity index is 1.85. The summed E-state index contributed by atoms with van der Waals surface area (Å²) in [5.74, 6) is 0.0614.